The van der Waals surface area contributed by atoms with Gasteiger partial charge in [-0.3, -0.25) is 4.79 Å². The molecule has 0 saturated carbocycles. The molecule has 1 saturated heterocycles. The van der Waals surface area contributed by atoms with E-state index in [0.717, 1.165) is 0 Å². The van der Waals surface area contributed by atoms with Crippen LogP contribution in [0.3, 0.4) is 0 Å². The SMILES string of the molecule is COC(=O)c1cc(C)c(C)c(S(=O)(=O)N2CCC[C@H](C(=O)O)[C@@H]2C)c1. The number of ether oxygens (including phenoxy) is 1. The van der Waals surface area contributed by atoms with Crippen molar-refractivity contribution in [3.8, 4) is 0 Å². The van der Waals surface area contributed by atoms with Crippen LogP contribution in [0.1, 0.15) is 41.3 Å². The van der Waals surface area contributed by atoms with Gasteiger partial charge < -0.3 is 9.84 Å². The van der Waals surface area contributed by atoms with Crippen LogP contribution in [0.4, 0.5) is 0 Å². The second-order valence-corrected chi connectivity index (χ2v) is 8.21. The van der Waals surface area contributed by atoms with Crippen molar-refractivity contribution in [2.75, 3.05) is 13.7 Å². The Morgan fingerprint density at radius 3 is 2.48 bits per heavy atom. The maximum absolute atomic E-state index is 13.2. The molecule has 1 aliphatic rings. The van der Waals surface area contributed by atoms with Crippen molar-refractivity contribution in [3.05, 3.63) is 28.8 Å². The molecule has 2 rings (SSSR count). The van der Waals surface area contributed by atoms with Crippen LogP contribution in [-0.2, 0) is 19.6 Å². The topological polar surface area (TPSA) is 101 Å². The van der Waals surface area contributed by atoms with E-state index in [9.17, 15) is 23.1 Å². The summed E-state index contributed by atoms with van der Waals surface area (Å²) in [6, 6.07) is 2.23. The van der Waals surface area contributed by atoms with E-state index in [1.54, 1.807) is 26.8 Å². The summed E-state index contributed by atoms with van der Waals surface area (Å²) >= 11 is 0. The lowest BCUT2D eigenvalue weighted by Gasteiger charge is -2.36. The number of hydrogen-bond acceptors (Lipinski definition) is 5. The molecule has 2 atom stereocenters. The smallest absolute Gasteiger partial charge is 0.337 e. The van der Waals surface area contributed by atoms with Gasteiger partial charge in [-0.15, -0.1) is 0 Å². The quantitative estimate of drug-likeness (QED) is 0.814. The molecule has 0 aromatic heterocycles. The Labute approximate surface area is 147 Å². The summed E-state index contributed by atoms with van der Waals surface area (Å²) in [6.07, 6.45) is 0.929. The lowest BCUT2D eigenvalue weighted by molar-refractivity contribution is -0.144. The number of piperidine rings is 1. The zero-order chi connectivity index (χ0) is 18.9. The molecule has 1 N–H and O–H groups in total. The molecule has 1 fully saturated rings. The first kappa shape index (κ1) is 19.4. The number of hydrogen-bond donors (Lipinski definition) is 1. The van der Waals surface area contributed by atoms with Crippen molar-refractivity contribution in [1.82, 2.24) is 4.31 Å². The summed E-state index contributed by atoms with van der Waals surface area (Å²) in [7, 11) is -2.70. The average Bonchev–Trinajstić information content (AvgIpc) is 2.55. The zero-order valence-electron chi connectivity index (χ0n) is 14.8. The fraction of sp³-hybridized carbons (Fsp3) is 0.529. The minimum atomic E-state index is -3.93. The molecule has 1 aromatic carbocycles. The molecule has 1 heterocycles. The molecule has 0 unspecified atom stereocenters. The fourth-order valence-electron chi connectivity index (χ4n) is 3.24. The molecule has 1 aliphatic heterocycles. The normalized spacial score (nSPS) is 21.8. The minimum absolute atomic E-state index is 0.0192. The largest absolute Gasteiger partial charge is 0.481 e. The van der Waals surface area contributed by atoms with Gasteiger partial charge in [0.05, 0.1) is 23.5 Å². The number of methoxy groups -OCH3 is 1. The Bertz CT molecular complexity index is 802. The Hall–Kier alpha value is -1.93. The van der Waals surface area contributed by atoms with Gasteiger partial charge in [0.1, 0.15) is 0 Å². The molecule has 0 aliphatic carbocycles. The molecule has 138 valence electrons. The van der Waals surface area contributed by atoms with Crippen LogP contribution < -0.4 is 0 Å². The standard InChI is InChI=1S/C17H23NO6S/c1-10-8-13(17(21)24-4)9-15(11(10)2)25(22,23)18-7-5-6-14(12(18)3)16(19)20/h8-9,12,14H,5-7H2,1-4H3,(H,19,20)/t12-,14-/m0/s1. The summed E-state index contributed by atoms with van der Waals surface area (Å²) in [5.41, 5.74) is 1.35. The first-order chi connectivity index (χ1) is 11.6. The van der Waals surface area contributed by atoms with Crippen LogP contribution in [0.2, 0.25) is 0 Å². The van der Waals surface area contributed by atoms with E-state index in [1.165, 1.54) is 17.5 Å². The molecular weight excluding hydrogens is 346 g/mol. The van der Waals surface area contributed by atoms with Gasteiger partial charge in [0.15, 0.2) is 0 Å². The molecule has 25 heavy (non-hydrogen) atoms. The summed E-state index contributed by atoms with van der Waals surface area (Å²) in [5, 5.41) is 9.33. The highest BCUT2D eigenvalue weighted by molar-refractivity contribution is 7.89. The number of nitrogens with zero attached hydrogens (tertiary/aromatic N) is 1. The predicted molar refractivity (Wildman–Crippen MR) is 91.0 cm³/mol. The van der Waals surface area contributed by atoms with E-state index in [2.05, 4.69) is 4.74 Å². The van der Waals surface area contributed by atoms with Crippen molar-refractivity contribution in [2.45, 2.75) is 44.6 Å². The highest BCUT2D eigenvalue weighted by atomic mass is 32.2. The third-order valence-electron chi connectivity index (χ3n) is 4.87. The Balaban J connectivity index is 2.54. The van der Waals surface area contributed by atoms with Crippen molar-refractivity contribution < 1.29 is 27.9 Å². The summed E-state index contributed by atoms with van der Waals surface area (Å²) < 4.78 is 32.3. The van der Waals surface area contributed by atoms with Gasteiger partial charge in [0.25, 0.3) is 0 Å². The molecule has 1 aromatic rings. The van der Waals surface area contributed by atoms with Gasteiger partial charge in [-0.1, -0.05) is 0 Å². The number of carboxylic acids is 1. The number of carbonyl (C=O) groups is 2. The van der Waals surface area contributed by atoms with Crippen LogP contribution in [0.15, 0.2) is 17.0 Å². The Morgan fingerprint density at radius 2 is 1.92 bits per heavy atom. The molecule has 0 radical (unpaired) electrons. The van der Waals surface area contributed by atoms with E-state index in [0.29, 0.717) is 24.0 Å². The van der Waals surface area contributed by atoms with Crippen molar-refractivity contribution in [2.24, 2.45) is 5.92 Å². The second kappa shape index (κ2) is 7.13. The maximum atomic E-state index is 13.2. The summed E-state index contributed by atoms with van der Waals surface area (Å²) in [6.45, 7) is 5.27. The highest BCUT2D eigenvalue weighted by Crippen LogP contribution is 2.32. The van der Waals surface area contributed by atoms with Gasteiger partial charge in [-0.2, -0.15) is 4.31 Å². The van der Waals surface area contributed by atoms with Crippen LogP contribution in [-0.4, -0.2) is 49.5 Å². The first-order valence-corrected chi connectivity index (χ1v) is 9.49. The van der Waals surface area contributed by atoms with Crippen molar-refractivity contribution in [3.63, 3.8) is 0 Å². The highest BCUT2D eigenvalue weighted by Gasteiger charge is 2.40. The van der Waals surface area contributed by atoms with Crippen molar-refractivity contribution in [1.29, 1.82) is 0 Å². The first-order valence-electron chi connectivity index (χ1n) is 8.05. The van der Waals surface area contributed by atoms with E-state index < -0.39 is 33.9 Å². The second-order valence-electron chi connectivity index (χ2n) is 6.35. The van der Waals surface area contributed by atoms with Crippen molar-refractivity contribution >= 4 is 22.0 Å². The number of aryl methyl sites for hydroxylation is 1. The molecule has 8 heteroatoms. The van der Waals surface area contributed by atoms with E-state index in [1.807, 2.05) is 0 Å². The fourth-order valence-corrected chi connectivity index (χ4v) is 5.27. The number of benzene rings is 1. The molecule has 7 nitrogen and oxygen atoms in total. The number of carbonyl (C=O) groups excluding carboxylic acids is 1. The van der Waals surface area contributed by atoms with Gasteiger partial charge >= 0.3 is 11.9 Å². The molecule has 0 amide bonds. The van der Waals surface area contributed by atoms with Gasteiger partial charge in [0.2, 0.25) is 10.0 Å². The number of sulfonamides is 1. The Kier molecular flexibility index (Phi) is 5.53. The third kappa shape index (κ3) is 3.55. The monoisotopic (exact) mass is 369 g/mol. The Morgan fingerprint density at radius 1 is 1.28 bits per heavy atom. The molecule has 0 spiro atoms. The van der Waals surface area contributed by atoms with E-state index >= 15 is 0 Å². The molecular formula is C17H23NO6S. The number of esters is 1. The van der Waals surface area contributed by atoms with Gasteiger partial charge in [0, 0.05) is 12.6 Å². The maximum Gasteiger partial charge on any atom is 0.337 e. The van der Waals surface area contributed by atoms with Gasteiger partial charge in [-0.05, 0) is 56.9 Å². The summed E-state index contributed by atoms with van der Waals surface area (Å²) in [5.74, 6) is -2.35. The van der Waals surface area contributed by atoms with E-state index in [4.69, 9.17) is 0 Å². The third-order valence-corrected chi connectivity index (χ3v) is 6.99. The van der Waals surface area contributed by atoms with Crippen LogP contribution in [0, 0.1) is 19.8 Å². The predicted octanol–water partition coefficient (Wildman–Crippen LogP) is 1.96. The average molecular weight is 369 g/mol. The van der Waals surface area contributed by atoms with Gasteiger partial charge in [-0.25, -0.2) is 13.2 Å². The lowest BCUT2D eigenvalue weighted by atomic mass is 9.92. The number of aliphatic carboxylic acids is 1. The lowest BCUT2D eigenvalue weighted by Crippen LogP contribution is -2.49. The number of carboxylic acid groups (broad SMARTS) is 1. The molecule has 0 bridgehead atoms. The number of rotatable bonds is 4. The van der Waals surface area contributed by atoms with E-state index in [-0.39, 0.29) is 17.0 Å². The van der Waals surface area contributed by atoms with Crippen LogP contribution in [0.5, 0.6) is 0 Å². The minimum Gasteiger partial charge on any atom is -0.481 e. The van der Waals surface area contributed by atoms with Crippen LogP contribution >= 0.6 is 0 Å². The van der Waals surface area contributed by atoms with Crippen LogP contribution in [0.25, 0.3) is 0 Å². The summed E-state index contributed by atoms with van der Waals surface area (Å²) in [4.78, 5) is 23.2. The zero-order valence-corrected chi connectivity index (χ0v) is 15.6.